The standard InChI is InChI=1S/C12H23N3S/c1-5-12(13,6-2)9-15(4)7-11-8-16-10(3)14-11/h8H,5-7,9,13H2,1-4H3. The molecule has 0 saturated heterocycles. The fraction of sp³-hybridized carbons (Fsp3) is 0.750. The Morgan fingerprint density at radius 3 is 2.50 bits per heavy atom. The number of hydrogen-bond acceptors (Lipinski definition) is 4. The van der Waals surface area contributed by atoms with Crippen molar-refractivity contribution in [2.75, 3.05) is 13.6 Å². The average molecular weight is 241 g/mol. The molecule has 0 fully saturated rings. The van der Waals surface area contributed by atoms with Gasteiger partial charge in [-0.3, -0.25) is 4.90 Å². The molecule has 0 bridgehead atoms. The lowest BCUT2D eigenvalue weighted by molar-refractivity contribution is 0.226. The molecular formula is C12H23N3S. The van der Waals surface area contributed by atoms with Crippen LogP contribution in [0, 0.1) is 6.92 Å². The van der Waals surface area contributed by atoms with Crippen molar-refractivity contribution in [3.05, 3.63) is 16.1 Å². The molecule has 0 aliphatic heterocycles. The third kappa shape index (κ3) is 3.85. The SMILES string of the molecule is CCC(N)(CC)CN(C)Cc1csc(C)n1. The molecule has 1 heterocycles. The molecule has 92 valence electrons. The van der Waals surface area contributed by atoms with Crippen molar-refractivity contribution in [2.24, 2.45) is 5.73 Å². The second-order valence-electron chi connectivity index (χ2n) is 4.60. The summed E-state index contributed by atoms with van der Waals surface area (Å²) in [7, 11) is 2.11. The fourth-order valence-electron chi connectivity index (χ4n) is 1.82. The van der Waals surface area contributed by atoms with Crippen molar-refractivity contribution in [3.8, 4) is 0 Å². The Morgan fingerprint density at radius 2 is 2.06 bits per heavy atom. The molecule has 0 atom stereocenters. The first-order valence-electron chi connectivity index (χ1n) is 5.87. The zero-order valence-corrected chi connectivity index (χ0v) is 11.6. The minimum absolute atomic E-state index is 0.0557. The highest BCUT2D eigenvalue weighted by atomic mass is 32.1. The summed E-state index contributed by atoms with van der Waals surface area (Å²) in [6, 6.07) is 0. The Hall–Kier alpha value is -0.450. The number of aryl methyl sites for hydroxylation is 1. The molecule has 0 spiro atoms. The maximum atomic E-state index is 6.30. The van der Waals surface area contributed by atoms with Crippen molar-refractivity contribution in [3.63, 3.8) is 0 Å². The monoisotopic (exact) mass is 241 g/mol. The van der Waals surface area contributed by atoms with E-state index in [0.717, 1.165) is 36.6 Å². The Balaban J connectivity index is 2.50. The fourth-order valence-corrected chi connectivity index (χ4v) is 2.43. The molecule has 0 amide bonds. The van der Waals surface area contributed by atoms with Gasteiger partial charge in [-0.05, 0) is 26.8 Å². The summed E-state index contributed by atoms with van der Waals surface area (Å²) in [5.74, 6) is 0. The van der Waals surface area contributed by atoms with Crippen LogP contribution in [0.2, 0.25) is 0 Å². The number of thiazole rings is 1. The molecular weight excluding hydrogens is 218 g/mol. The molecule has 0 unspecified atom stereocenters. The predicted molar refractivity (Wildman–Crippen MR) is 70.7 cm³/mol. The molecule has 16 heavy (non-hydrogen) atoms. The molecule has 1 aromatic heterocycles. The van der Waals surface area contributed by atoms with Crippen LogP contribution in [0.15, 0.2) is 5.38 Å². The van der Waals surface area contributed by atoms with Gasteiger partial charge in [0.1, 0.15) is 0 Å². The summed E-state index contributed by atoms with van der Waals surface area (Å²) in [5, 5.41) is 3.26. The number of nitrogens with zero attached hydrogens (tertiary/aromatic N) is 2. The smallest absolute Gasteiger partial charge is 0.0897 e. The molecule has 0 aliphatic rings. The van der Waals surface area contributed by atoms with E-state index in [4.69, 9.17) is 5.73 Å². The number of aromatic nitrogens is 1. The van der Waals surface area contributed by atoms with Gasteiger partial charge in [0.15, 0.2) is 0 Å². The highest BCUT2D eigenvalue weighted by Gasteiger charge is 2.22. The van der Waals surface area contributed by atoms with E-state index in [-0.39, 0.29) is 5.54 Å². The normalized spacial score (nSPS) is 12.4. The number of rotatable bonds is 6. The molecule has 3 nitrogen and oxygen atoms in total. The maximum absolute atomic E-state index is 6.30. The summed E-state index contributed by atoms with van der Waals surface area (Å²) in [6.07, 6.45) is 2.04. The minimum atomic E-state index is -0.0557. The zero-order valence-electron chi connectivity index (χ0n) is 10.8. The van der Waals surface area contributed by atoms with Crippen LogP contribution < -0.4 is 5.73 Å². The van der Waals surface area contributed by atoms with Crippen molar-refractivity contribution in [1.82, 2.24) is 9.88 Å². The Labute approximate surface area is 103 Å². The van der Waals surface area contributed by atoms with Gasteiger partial charge in [0.25, 0.3) is 0 Å². The van der Waals surface area contributed by atoms with Gasteiger partial charge < -0.3 is 5.73 Å². The molecule has 0 radical (unpaired) electrons. The predicted octanol–water partition coefficient (Wildman–Crippen LogP) is 2.40. The van der Waals surface area contributed by atoms with Gasteiger partial charge >= 0.3 is 0 Å². The number of likely N-dealkylation sites (N-methyl/N-ethyl adjacent to an activating group) is 1. The molecule has 4 heteroatoms. The van der Waals surface area contributed by atoms with Crippen LogP contribution in [0.25, 0.3) is 0 Å². The van der Waals surface area contributed by atoms with Crippen LogP contribution in [-0.4, -0.2) is 29.0 Å². The summed E-state index contributed by atoms with van der Waals surface area (Å²) in [6.45, 7) is 8.17. The highest BCUT2D eigenvalue weighted by molar-refractivity contribution is 7.09. The molecule has 0 aromatic carbocycles. The lowest BCUT2D eigenvalue weighted by Gasteiger charge is -2.31. The van der Waals surface area contributed by atoms with Gasteiger partial charge in [0.2, 0.25) is 0 Å². The summed E-state index contributed by atoms with van der Waals surface area (Å²) < 4.78 is 0. The van der Waals surface area contributed by atoms with Gasteiger partial charge in [-0.25, -0.2) is 4.98 Å². The second-order valence-corrected chi connectivity index (χ2v) is 5.66. The van der Waals surface area contributed by atoms with Crippen LogP contribution in [0.1, 0.15) is 37.4 Å². The largest absolute Gasteiger partial charge is 0.324 e. The first-order chi connectivity index (χ1) is 7.49. The first kappa shape index (κ1) is 13.6. The van der Waals surface area contributed by atoms with Crippen LogP contribution in [0.4, 0.5) is 0 Å². The van der Waals surface area contributed by atoms with E-state index in [1.807, 2.05) is 6.92 Å². The summed E-state index contributed by atoms with van der Waals surface area (Å²) in [4.78, 5) is 6.73. The van der Waals surface area contributed by atoms with E-state index in [1.54, 1.807) is 11.3 Å². The van der Waals surface area contributed by atoms with Gasteiger partial charge in [0.05, 0.1) is 10.7 Å². The lowest BCUT2D eigenvalue weighted by atomic mass is 9.94. The summed E-state index contributed by atoms with van der Waals surface area (Å²) >= 11 is 1.71. The number of hydrogen-bond donors (Lipinski definition) is 1. The van der Waals surface area contributed by atoms with Crippen LogP contribution in [0.5, 0.6) is 0 Å². The minimum Gasteiger partial charge on any atom is -0.324 e. The lowest BCUT2D eigenvalue weighted by Crippen LogP contribution is -2.48. The number of nitrogens with two attached hydrogens (primary N) is 1. The Kier molecular flexibility index (Phi) is 4.89. The molecule has 1 aromatic rings. The van der Waals surface area contributed by atoms with Crippen LogP contribution in [-0.2, 0) is 6.54 Å². The topological polar surface area (TPSA) is 42.1 Å². The van der Waals surface area contributed by atoms with E-state index in [0.29, 0.717) is 0 Å². The van der Waals surface area contributed by atoms with Crippen LogP contribution in [0.3, 0.4) is 0 Å². The van der Waals surface area contributed by atoms with Gasteiger partial charge in [-0.2, -0.15) is 0 Å². The van der Waals surface area contributed by atoms with E-state index in [9.17, 15) is 0 Å². The second kappa shape index (κ2) is 5.75. The van der Waals surface area contributed by atoms with Crippen molar-refractivity contribution < 1.29 is 0 Å². The Bertz CT molecular complexity index is 318. The highest BCUT2D eigenvalue weighted by Crippen LogP contribution is 2.15. The van der Waals surface area contributed by atoms with E-state index < -0.39 is 0 Å². The Morgan fingerprint density at radius 1 is 1.44 bits per heavy atom. The van der Waals surface area contributed by atoms with Gasteiger partial charge in [0, 0.05) is 24.0 Å². The molecule has 0 saturated carbocycles. The average Bonchev–Trinajstić information content (AvgIpc) is 2.63. The van der Waals surface area contributed by atoms with Crippen molar-refractivity contribution in [2.45, 2.75) is 45.7 Å². The summed E-state index contributed by atoms with van der Waals surface area (Å²) in [5.41, 5.74) is 7.39. The molecule has 1 rings (SSSR count). The van der Waals surface area contributed by atoms with Gasteiger partial charge in [-0.15, -0.1) is 11.3 Å². The first-order valence-corrected chi connectivity index (χ1v) is 6.75. The third-order valence-electron chi connectivity index (χ3n) is 3.09. The van der Waals surface area contributed by atoms with Crippen LogP contribution >= 0.6 is 11.3 Å². The van der Waals surface area contributed by atoms with Crippen molar-refractivity contribution >= 4 is 11.3 Å². The van der Waals surface area contributed by atoms with E-state index in [2.05, 4.69) is 36.2 Å². The van der Waals surface area contributed by atoms with E-state index in [1.165, 1.54) is 0 Å². The maximum Gasteiger partial charge on any atom is 0.0897 e. The van der Waals surface area contributed by atoms with Crippen molar-refractivity contribution in [1.29, 1.82) is 0 Å². The third-order valence-corrected chi connectivity index (χ3v) is 3.91. The molecule has 2 N–H and O–H groups in total. The molecule has 0 aliphatic carbocycles. The quantitative estimate of drug-likeness (QED) is 0.831. The van der Waals surface area contributed by atoms with E-state index >= 15 is 0 Å². The van der Waals surface area contributed by atoms with Gasteiger partial charge in [-0.1, -0.05) is 13.8 Å². The zero-order chi connectivity index (χ0) is 12.2.